The molecule has 3 nitrogen and oxygen atoms in total. The lowest BCUT2D eigenvalue weighted by atomic mass is 9.99. The highest BCUT2D eigenvalue weighted by Crippen LogP contribution is 2.41. The number of rotatable bonds is 6. The van der Waals surface area contributed by atoms with Gasteiger partial charge in [-0.3, -0.25) is 4.57 Å². The Hall–Kier alpha value is -7.49. The molecule has 0 bridgehead atoms. The SMILES string of the molecule is c1ccc(-c2ccc(-c3cc(-c4ccccc4)nc(-n4c5ccccc5c5cc6c7ccccc7n(-c7cccc(-c8ccccc8)c7)c6cc54)c3)cc2)cc1. The first-order chi connectivity index (χ1) is 27.8. The molecule has 3 heterocycles. The lowest BCUT2D eigenvalue weighted by molar-refractivity contribution is 1.08. The Labute approximate surface area is 325 Å². The van der Waals surface area contributed by atoms with Crippen molar-refractivity contribution in [1.82, 2.24) is 14.1 Å². The molecule has 0 radical (unpaired) electrons. The molecule has 11 rings (SSSR count). The molecule has 0 saturated carbocycles. The van der Waals surface area contributed by atoms with E-state index in [1.165, 1.54) is 49.3 Å². The summed E-state index contributed by atoms with van der Waals surface area (Å²) in [7, 11) is 0. The largest absolute Gasteiger partial charge is 0.309 e. The van der Waals surface area contributed by atoms with Crippen LogP contribution in [0, 0.1) is 0 Å². The average Bonchev–Trinajstić information content (AvgIpc) is 3.78. The fraction of sp³-hybridized carbons (Fsp3) is 0. The lowest BCUT2D eigenvalue weighted by Crippen LogP contribution is -2.00. The predicted octanol–water partition coefficient (Wildman–Crippen LogP) is 13.9. The zero-order chi connectivity index (χ0) is 37.0. The molecule has 0 fully saturated rings. The van der Waals surface area contributed by atoms with Crippen LogP contribution in [-0.4, -0.2) is 14.1 Å². The van der Waals surface area contributed by atoms with E-state index in [1.54, 1.807) is 0 Å². The number of hydrogen-bond acceptors (Lipinski definition) is 1. The summed E-state index contributed by atoms with van der Waals surface area (Å²) in [6, 6.07) is 76.2. The Morgan fingerprint density at radius 3 is 1.39 bits per heavy atom. The first kappa shape index (κ1) is 32.0. The van der Waals surface area contributed by atoms with E-state index in [2.05, 4.69) is 221 Å². The van der Waals surface area contributed by atoms with E-state index in [4.69, 9.17) is 4.98 Å². The number of para-hydroxylation sites is 2. The summed E-state index contributed by atoms with van der Waals surface area (Å²) in [6.07, 6.45) is 0. The van der Waals surface area contributed by atoms with Crippen LogP contribution in [0.2, 0.25) is 0 Å². The first-order valence-electron chi connectivity index (χ1n) is 19.1. The normalized spacial score (nSPS) is 11.6. The standard InChI is InChI=1S/C53H35N3/c1-4-15-36(16-5-1)38-27-29-39(30-28-38)42-32-48(40-19-8-3-9-20-40)54-53(33-42)56-50-26-13-11-24-45(50)47-34-46-44-23-10-12-25-49(44)55(51(46)35-52(47)56)43-22-14-21-41(31-43)37-17-6-2-7-18-37/h1-35H. The van der Waals surface area contributed by atoms with Crippen LogP contribution in [0.5, 0.6) is 0 Å². The third-order valence-corrected chi connectivity index (χ3v) is 11.1. The smallest absolute Gasteiger partial charge is 0.138 e. The maximum Gasteiger partial charge on any atom is 0.138 e. The summed E-state index contributed by atoms with van der Waals surface area (Å²) in [6.45, 7) is 0. The molecule has 0 aliphatic carbocycles. The highest BCUT2D eigenvalue weighted by Gasteiger charge is 2.20. The molecular formula is C53H35N3. The van der Waals surface area contributed by atoms with Gasteiger partial charge in [0.15, 0.2) is 0 Å². The van der Waals surface area contributed by atoms with Crippen molar-refractivity contribution in [2.45, 2.75) is 0 Å². The van der Waals surface area contributed by atoms with Gasteiger partial charge in [0, 0.05) is 32.8 Å². The monoisotopic (exact) mass is 713 g/mol. The third-order valence-electron chi connectivity index (χ3n) is 11.1. The molecule has 0 amide bonds. The van der Waals surface area contributed by atoms with Crippen molar-refractivity contribution in [3.63, 3.8) is 0 Å². The highest BCUT2D eigenvalue weighted by molar-refractivity contribution is 6.19. The summed E-state index contributed by atoms with van der Waals surface area (Å²) < 4.78 is 4.78. The summed E-state index contributed by atoms with van der Waals surface area (Å²) >= 11 is 0. The second kappa shape index (κ2) is 13.1. The van der Waals surface area contributed by atoms with E-state index in [-0.39, 0.29) is 0 Å². The zero-order valence-electron chi connectivity index (χ0n) is 30.5. The van der Waals surface area contributed by atoms with E-state index >= 15 is 0 Å². The fourth-order valence-electron chi connectivity index (χ4n) is 8.45. The van der Waals surface area contributed by atoms with Crippen LogP contribution in [-0.2, 0) is 0 Å². The summed E-state index contributed by atoms with van der Waals surface area (Å²) in [5.41, 5.74) is 14.8. The summed E-state index contributed by atoms with van der Waals surface area (Å²) in [4.78, 5) is 5.44. The number of benzene rings is 8. The molecule has 3 aromatic heterocycles. The Kier molecular flexibility index (Phi) is 7.49. The van der Waals surface area contributed by atoms with Crippen molar-refractivity contribution < 1.29 is 0 Å². The number of nitrogens with zero attached hydrogens (tertiary/aromatic N) is 3. The number of aromatic nitrogens is 3. The Balaban J connectivity index is 1.17. The third kappa shape index (κ3) is 5.32. The van der Waals surface area contributed by atoms with Gasteiger partial charge in [0.05, 0.1) is 27.8 Å². The van der Waals surface area contributed by atoms with Gasteiger partial charge in [0.1, 0.15) is 5.82 Å². The molecule has 0 N–H and O–H groups in total. The van der Waals surface area contributed by atoms with Crippen LogP contribution in [0.1, 0.15) is 0 Å². The Morgan fingerprint density at radius 1 is 0.268 bits per heavy atom. The van der Waals surface area contributed by atoms with Gasteiger partial charge in [0.2, 0.25) is 0 Å². The highest BCUT2D eigenvalue weighted by atomic mass is 15.1. The van der Waals surface area contributed by atoms with E-state index in [0.29, 0.717) is 0 Å². The number of hydrogen-bond donors (Lipinski definition) is 0. The molecule has 56 heavy (non-hydrogen) atoms. The van der Waals surface area contributed by atoms with Gasteiger partial charge >= 0.3 is 0 Å². The van der Waals surface area contributed by atoms with Gasteiger partial charge < -0.3 is 4.57 Å². The Bertz CT molecular complexity index is 3210. The molecule has 0 atom stereocenters. The van der Waals surface area contributed by atoms with Gasteiger partial charge in [0.25, 0.3) is 0 Å². The van der Waals surface area contributed by atoms with Crippen LogP contribution >= 0.6 is 0 Å². The molecule has 0 saturated heterocycles. The number of pyridine rings is 1. The molecule has 262 valence electrons. The second-order valence-corrected chi connectivity index (χ2v) is 14.4. The molecule has 11 aromatic rings. The quantitative estimate of drug-likeness (QED) is 0.168. The van der Waals surface area contributed by atoms with Gasteiger partial charge in [-0.2, -0.15) is 0 Å². The van der Waals surface area contributed by atoms with Crippen LogP contribution in [0.4, 0.5) is 0 Å². The topological polar surface area (TPSA) is 22.8 Å². The van der Waals surface area contributed by atoms with Gasteiger partial charge in [-0.05, 0) is 81.9 Å². The summed E-state index contributed by atoms with van der Waals surface area (Å²) in [5.74, 6) is 0.882. The maximum atomic E-state index is 5.44. The molecule has 0 aliphatic heterocycles. The van der Waals surface area contributed by atoms with E-state index in [1.807, 2.05) is 0 Å². The summed E-state index contributed by atoms with van der Waals surface area (Å²) in [5, 5.41) is 4.87. The van der Waals surface area contributed by atoms with Crippen molar-refractivity contribution in [3.05, 3.63) is 212 Å². The van der Waals surface area contributed by atoms with Crippen molar-refractivity contribution >= 4 is 43.6 Å². The minimum Gasteiger partial charge on any atom is -0.309 e. The predicted molar refractivity (Wildman–Crippen MR) is 235 cm³/mol. The Morgan fingerprint density at radius 2 is 0.750 bits per heavy atom. The first-order valence-corrected chi connectivity index (χ1v) is 19.1. The van der Waals surface area contributed by atoms with E-state index < -0.39 is 0 Å². The molecular weight excluding hydrogens is 679 g/mol. The van der Waals surface area contributed by atoms with E-state index in [0.717, 1.165) is 50.4 Å². The van der Waals surface area contributed by atoms with Crippen molar-refractivity contribution in [1.29, 1.82) is 0 Å². The molecule has 0 unspecified atom stereocenters. The number of fused-ring (bicyclic) bond motifs is 6. The molecule has 0 spiro atoms. The lowest BCUT2D eigenvalue weighted by Gasteiger charge is -2.14. The zero-order valence-corrected chi connectivity index (χ0v) is 30.5. The van der Waals surface area contributed by atoms with Crippen molar-refractivity contribution in [3.8, 4) is 56.1 Å². The maximum absolute atomic E-state index is 5.44. The van der Waals surface area contributed by atoms with Crippen molar-refractivity contribution in [2.75, 3.05) is 0 Å². The molecule has 3 heteroatoms. The van der Waals surface area contributed by atoms with Crippen molar-refractivity contribution in [2.24, 2.45) is 0 Å². The molecule has 0 aliphatic rings. The van der Waals surface area contributed by atoms with Gasteiger partial charge in [-0.1, -0.05) is 164 Å². The average molecular weight is 714 g/mol. The molecule has 8 aromatic carbocycles. The van der Waals surface area contributed by atoms with Gasteiger partial charge in [-0.15, -0.1) is 0 Å². The van der Waals surface area contributed by atoms with Crippen LogP contribution in [0.25, 0.3) is 99.8 Å². The fourth-order valence-corrected chi connectivity index (χ4v) is 8.45. The van der Waals surface area contributed by atoms with Gasteiger partial charge in [-0.25, -0.2) is 4.98 Å². The minimum absolute atomic E-state index is 0.882. The van der Waals surface area contributed by atoms with Crippen LogP contribution in [0.3, 0.4) is 0 Å². The second-order valence-electron chi connectivity index (χ2n) is 14.4. The van der Waals surface area contributed by atoms with Crippen LogP contribution < -0.4 is 0 Å². The van der Waals surface area contributed by atoms with Crippen LogP contribution in [0.15, 0.2) is 212 Å². The van der Waals surface area contributed by atoms with E-state index in [9.17, 15) is 0 Å². The minimum atomic E-state index is 0.882.